The van der Waals surface area contributed by atoms with E-state index in [1.54, 1.807) is 18.3 Å². The Kier molecular flexibility index (Phi) is 3.65. The van der Waals surface area contributed by atoms with Crippen molar-refractivity contribution >= 4 is 10.0 Å². The van der Waals surface area contributed by atoms with Crippen LogP contribution in [0.2, 0.25) is 0 Å². The van der Waals surface area contributed by atoms with Crippen LogP contribution in [0.4, 0.5) is 0 Å². The molecule has 1 heterocycles. The second-order valence-corrected chi connectivity index (χ2v) is 5.28. The summed E-state index contributed by atoms with van der Waals surface area (Å²) in [7, 11) is -0.154. The third kappa shape index (κ3) is 3.17. The zero-order valence-electron chi connectivity index (χ0n) is 8.97. The average molecular weight is 230 g/mol. The van der Waals surface area contributed by atoms with Crippen molar-refractivity contribution in [3.05, 3.63) is 23.9 Å². The average Bonchev–Trinajstić information content (AvgIpc) is 2.17. The number of methoxy groups -OCH3 is 1. The number of hydrogen-bond donors (Lipinski definition) is 0. The molecule has 1 aromatic heterocycles. The minimum atomic E-state index is -3.18. The molecule has 6 heteroatoms. The van der Waals surface area contributed by atoms with Gasteiger partial charge in [0.25, 0.3) is 0 Å². The van der Waals surface area contributed by atoms with Crippen LogP contribution >= 0.6 is 0 Å². The first kappa shape index (κ1) is 11.9. The Labute approximate surface area is 89.7 Å². The number of pyridine rings is 1. The lowest BCUT2D eigenvalue weighted by atomic mass is 10.3. The molecule has 0 saturated heterocycles. The van der Waals surface area contributed by atoms with Crippen LogP contribution in [0.3, 0.4) is 0 Å². The van der Waals surface area contributed by atoms with Gasteiger partial charge in [0, 0.05) is 25.4 Å². The van der Waals surface area contributed by atoms with E-state index in [9.17, 15) is 8.42 Å². The van der Waals surface area contributed by atoms with Gasteiger partial charge in [-0.05, 0) is 6.07 Å². The highest BCUT2D eigenvalue weighted by Crippen LogP contribution is 2.16. The third-order valence-electron chi connectivity index (χ3n) is 2.00. The predicted molar refractivity (Wildman–Crippen MR) is 57.1 cm³/mol. The molecule has 1 aromatic rings. The molecule has 0 aromatic carbocycles. The van der Waals surface area contributed by atoms with Gasteiger partial charge in [-0.3, -0.25) is 0 Å². The molecule has 0 saturated carbocycles. The molecular weight excluding hydrogens is 216 g/mol. The van der Waals surface area contributed by atoms with Crippen LogP contribution in [0.1, 0.15) is 5.56 Å². The van der Waals surface area contributed by atoms with Crippen molar-refractivity contribution in [2.45, 2.75) is 6.54 Å². The summed E-state index contributed by atoms with van der Waals surface area (Å²) in [6.07, 6.45) is 2.76. The predicted octanol–water partition coefficient (Wildman–Crippen LogP) is 0.482. The number of aromatic nitrogens is 1. The fourth-order valence-corrected chi connectivity index (χ4v) is 1.46. The normalized spacial score (nSPS) is 11.7. The summed E-state index contributed by atoms with van der Waals surface area (Å²) in [4.78, 5) is 3.99. The summed E-state index contributed by atoms with van der Waals surface area (Å²) < 4.78 is 28.7. The number of rotatable bonds is 4. The molecule has 0 fully saturated rings. The maximum Gasteiger partial charge on any atom is 0.217 e. The van der Waals surface area contributed by atoms with Gasteiger partial charge in [-0.2, -0.15) is 0 Å². The SMILES string of the molecule is COc1ncccc1CN(C)S(C)(=O)=O. The van der Waals surface area contributed by atoms with Crippen LogP contribution in [0.15, 0.2) is 18.3 Å². The van der Waals surface area contributed by atoms with Crippen molar-refractivity contribution < 1.29 is 13.2 Å². The van der Waals surface area contributed by atoms with E-state index in [0.717, 1.165) is 11.8 Å². The zero-order valence-corrected chi connectivity index (χ0v) is 9.78. The van der Waals surface area contributed by atoms with E-state index in [4.69, 9.17) is 4.74 Å². The molecule has 15 heavy (non-hydrogen) atoms. The fraction of sp³-hybridized carbons (Fsp3) is 0.444. The highest BCUT2D eigenvalue weighted by atomic mass is 32.2. The number of hydrogen-bond acceptors (Lipinski definition) is 4. The lowest BCUT2D eigenvalue weighted by Gasteiger charge is -2.15. The van der Waals surface area contributed by atoms with E-state index in [-0.39, 0.29) is 6.54 Å². The molecule has 84 valence electrons. The maximum atomic E-state index is 11.2. The van der Waals surface area contributed by atoms with Gasteiger partial charge >= 0.3 is 0 Å². The molecule has 0 aliphatic rings. The van der Waals surface area contributed by atoms with Gasteiger partial charge in [0.05, 0.1) is 13.4 Å². The summed E-state index contributed by atoms with van der Waals surface area (Å²) in [5.41, 5.74) is 0.743. The van der Waals surface area contributed by atoms with Crippen molar-refractivity contribution in [1.29, 1.82) is 0 Å². The van der Waals surface area contributed by atoms with E-state index < -0.39 is 10.0 Å². The minimum Gasteiger partial charge on any atom is -0.481 e. The van der Waals surface area contributed by atoms with Crippen LogP contribution in [0.25, 0.3) is 0 Å². The van der Waals surface area contributed by atoms with E-state index in [0.29, 0.717) is 5.88 Å². The van der Waals surface area contributed by atoms with Crippen molar-refractivity contribution in [2.24, 2.45) is 0 Å². The first-order valence-corrected chi connectivity index (χ1v) is 6.19. The van der Waals surface area contributed by atoms with Crippen LogP contribution < -0.4 is 4.74 Å². The molecule has 0 radical (unpaired) electrons. The van der Waals surface area contributed by atoms with Gasteiger partial charge in [-0.1, -0.05) is 6.07 Å². The Hall–Kier alpha value is -1.14. The molecule has 0 amide bonds. The van der Waals surface area contributed by atoms with Crippen LogP contribution in [0.5, 0.6) is 5.88 Å². The molecule has 0 aliphatic heterocycles. The van der Waals surface area contributed by atoms with Crippen molar-refractivity contribution in [2.75, 3.05) is 20.4 Å². The van der Waals surface area contributed by atoms with Crippen molar-refractivity contribution in [3.63, 3.8) is 0 Å². The Bertz CT molecular complexity index is 431. The summed E-state index contributed by atoms with van der Waals surface area (Å²) >= 11 is 0. The van der Waals surface area contributed by atoms with Gasteiger partial charge in [0.2, 0.25) is 15.9 Å². The topological polar surface area (TPSA) is 59.5 Å². The van der Waals surface area contributed by atoms with Gasteiger partial charge in [0.15, 0.2) is 0 Å². The second kappa shape index (κ2) is 4.59. The Morgan fingerprint density at radius 3 is 2.73 bits per heavy atom. The van der Waals surface area contributed by atoms with E-state index in [1.165, 1.54) is 18.5 Å². The molecular formula is C9H14N2O3S. The Balaban J connectivity index is 2.90. The standard InChI is InChI=1S/C9H14N2O3S/c1-11(15(3,12)13)7-8-5-4-6-10-9(8)14-2/h4-6H,7H2,1-3H3. The van der Waals surface area contributed by atoms with Crippen LogP contribution in [-0.2, 0) is 16.6 Å². The molecule has 5 nitrogen and oxygen atoms in total. The van der Waals surface area contributed by atoms with Gasteiger partial charge < -0.3 is 4.74 Å². The quantitative estimate of drug-likeness (QED) is 0.755. The Morgan fingerprint density at radius 2 is 2.20 bits per heavy atom. The highest BCUT2D eigenvalue weighted by molar-refractivity contribution is 7.88. The van der Waals surface area contributed by atoms with Gasteiger partial charge in [-0.25, -0.2) is 17.7 Å². The minimum absolute atomic E-state index is 0.260. The first-order valence-electron chi connectivity index (χ1n) is 4.34. The summed E-state index contributed by atoms with van der Waals surface area (Å²) in [6, 6.07) is 3.53. The highest BCUT2D eigenvalue weighted by Gasteiger charge is 2.13. The van der Waals surface area contributed by atoms with Crippen LogP contribution in [0, 0.1) is 0 Å². The summed E-state index contributed by atoms with van der Waals surface area (Å²) in [5.74, 6) is 0.452. The molecule has 0 aliphatic carbocycles. The van der Waals surface area contributed by atoms with E-state index >= 15 is 0 Å². The lowest BCUT2D eigenvalue weighted by Crippen LogP contribution is -2.25. The lowest BCUT2D eigenvalue weighted by molar-refractivity contribution is 0.383. The first-order chi connectivity index (χ1) is 6.95. The molecule has 0 spiro atoms. The molecule has 0 bridgehead atoms. The van der Waals surface area contributed by atoms with E-state index in [1.807, 2.05) is 0 Å². The number of nitrogens with zero attached hydrogens (tertiary/aromatic N) is 2. The number of sulfonamides is 1. The monoisotopic (exact) mass is 230 g/mol. The fourth-order valence-electron chi connectivity index (χ4n) is 1.09. The zero-order chi connectivity index (χ0) is 11.5. The Morgan fingerprint density at radius 1 is 1.53 bits per heavy atom. The smallest absolute Gasteiger partial charge is 0.217 e. The summed E-state index contributed by atoms with van der Waals surface area (Å²) in [6.45, 7) is 0.260. The summed E-state index contributed by atoms with van der Waals surface area (Å²) in [5, 5.41) is 0. The number of ether oxygens (including phenoxy) is 1. The third-order valence-corrected chi connectivity index (χ3v) is 3.26. The van der Waals surface area contributed by atoms with E-state index in [2.05, 4.69) is 4.98 Å². The molecule has 0 atom stereocenters. The molecule has 0 unspecified atom stereocenters. The largest absolute Gasteiger partial charge is 0.481 e. The van der Waals surface area contributed by atoms with Gasteiger partial charge in [-0.15, -0.1) is 0 Å². The van der Waals surface area contributed by atoms with Crippen molar-refractivity contribution in [3.8, 4) is 5.88 Å². The molecule has 0 N–H and O–H groups in total. The maximum absolute atomic E-state index is 11.2. The molecule has 1 rings (SSSR count). The second-order valence-electron chi connectivity index (χ2n) is 3.19. The van der Waals surface area contributed by atoms with Gasteiger partial charge in [0.1, 0.15) is 0 Å². The van der Waals surface area contributed by atoms with Crippen molar-refractivity contribution in [1.82, 2.24) is 9.29 Å². The van der Waals surface area contributed by atoms with Crippen LogP contribution in [-0.4, -0.2) is 38.1 Å².